The number of nitrogens with one attached hydrogen (secondary N) is 1. The van der Waals surface area contributed by atoms with Crippen LogP contribution in [-0.2, 0) is 13.0 Å². The zero-order valence-corrected chi connectivity index (χ0v) is 20.0. The number of unbranched alkanes of at least 4 members (excludes halogenated alkanes) is 2. The topological polar surface area (TPSA) is 69.3 Å². The summed E-state index contributed by atoms with van der Waals surface area (Å²) in [6, 6.07) is 17.9. The molecule has 0 bridgehead atoms. The van der Waals surface area contributed by atoms with Gasteiger partial charge in [-0.2, -0.15) is 0 Å². The van der Waals surface area contributed by atoms with E-state index in [1.807, 2.05) is 18.2 Å². The van der Waals surface area contributed by atoms with Crippen molar-refractivity contribution in [1.82, 2.24) is 14.9 Å². The van der Waals surface area contributed by atoms with Crippen LogP contribution in [0.4, 0.5) is 0 Å². The van der Waals surface area contributed by atoms with E-state index < -0.39 is 0 Å². The molecule has 0 spiro atoms. The van der Waals surface area contributed by atoms with E-state index in [1.165, 1.54) is 22.9 Å². The predicted octanol–water partition coefficient (Wildman–Crippen LogP) is 5.86. The zero-order chi connectivity index (χ0) is 23.8. The van der Waals surface area contributed by atoms with E-state index >= 15 is 0 Å². The van der Waals surface area contributed by atoms with Crippen molar-refractivity contribution in [3.63, 3.8) is 0 Å². The first kappa shape index (κ1) is 23.6. The summed E-state index contributed by atoms with van der Waals surface area (Å²) in [6.45, 7) is 6.41. The van der Waals surface area contributed by atoms with Gasteiger partial charge in [0.15, 0.2) is 5.76 Å². The second-order valence-electron chi connectivity index (χ2n) is 8.61. The Morgan fingerprint density at radius 2 is 1.88 bits per heavy atom. The molecule has 1 N–H and O–H groups in total. The first-order valence-corrected chi connectivity index (χ1v) is 12.1. The standard InChI is InChI=1S/C28H33N3O3/c1-21-11-8-14-25(22(21)2)33-20-10-18-31-24-13-6-5-12-23(24)30-27(31)16-4-3-7-17-29-28(32)26-15-9-19-34-26/h5-6,8-9,11-15,19H,3-4,7,10,16-18,20H2,1-2H3,(H,29,32). The summed E-state index contributed by atoms with van der Waals surface area (Å²) in [6.07, 6.45) is 6.32. The molecule has 6 heteroatoms. The zero-order valence-electron chi connectivity index (χ0n) is 20.0. The molecule has 0 atom stereocenters. The molecular weight excluding hydrogens is 426 g/mol. The molecule has 2 aromatic carbocycles. The summed E-state index contributed by atoms with van der Waals surface area (Å²) >= 11 is 0. The van der Waals surface area contributed by atoms with Crippen LogP contribution in [0.2, 0.25) is 0 Å². The second-order valence-corrected chi connectivity index (χ2v) is 8.61. The lowest BCUT2D eigenvalue weighted by Gasteiger charge is -2.13. The van der Waals surface area contributed by atoms with Crippen molar-refractivity contribution in [2.24, 2.45) is 0 Å². The largest absolute Gasteiger partial charge is 0.493 e. The van der Waals surface area contributed by atoms with Crippen molar-refractivity contribution >= 4 is 16.9 Å². The number of aryl methyl sites for hydroxylation is 3. The lowest BCUT2D eigenvalue weighted by molar-refractivity contribution is 0.0925. The molecule has 1 amide bonds. The van der Waals surface area contributed by atoms with Gasteiger partial charge in [-0.25, -0.2) is 4.98 Å². The molecule has 0 saturated heterocycles. The number of carbonyl (C=O) groups is 1. The number of furan rings is 1. The lowest BCUT2D eigenvalue weighted by Crippen LogP contribution is -2.23. The third-order valence-corrected chi connectivity index (χ3v) is 6.18. The third-order valence-electron chi connectivity index (χ3n) is 6.18. The van der Waals surface area contributed by atoms with Crippen LogP contribution < -0.4 is 10.1 Å². The molecule has 0 saturated carbocycles. The minimum atomic E-state index is -0.158. The number of nitrogens with zero attached hydrogens (tertiary/aromatic N) is 2. The third kappa shape index (κ3) is 5.87. The van der Waals surface area contributed by atoms with Gasteiger partial charge in [-0.3, -0.25) is 4.79 Å². The maximum atomic E-state index is 11.9. The van der Waals surface area contributed by atoms with E-state index in [2.05, 4.69) is 48.0 Å². The highest BCUT2D eigenvalue weighted by molar-refractivity contribution is 5.91. The average Bonchev–Trinajstić information content (AvgIpc) is 3.50. The fourth-order valence-corrected chi connectivity index (χ4v) is 4.13. The summed E-state index contributed by atoms with van der Waals surface area (Å²) in [7, 11) is 0. The maximum Gasteiger partial charge on any atom is 0.286 e. The number of fused-ring (bicyclic) bond motifs is 1. The molecule has 0 unspecified atom stereocenters. The van der Waals surface area contributed by atoms with Crippen molar-refractivity contribution < 1.29 is 13.9 Å². The van der Waals surface area contributed by atoms with E-state index in [9.17, 15) is 4.79 Å². The molecule has 178 valence electrons. The van der Waals surface area contributed by atoms with Crippen LogP contribution in [-0.4, -0.2) is 28.6 Å². The van der Waals surface area contributed by atoms with Crippen LogP contribution in [0.15, 0.2) is 65.3 Å². The molecule has 0 radical (unpaired) electrons. The van der Waals surface area contributed by atoms with Crippen LogP contribution in [0.1, 0.15) is 53.2 Å². The molecule has 0 fully saturated rings. The number of carbonyl (C=O) groups excluding carboxylic acids is 1. The summed E-state index contributed by atoms with van der Waals surface area (Å²) < 4.78 is 13.5. The average molecular weight is 460 g/mol. The van der Waals surface area contributed by atoms with Gasteiger partial charge < -0.3 is 19.0 Å². The van der Waals surface area contributed by atoms with Gasteiger partial charge in [-0.05, 0) is 74.6 Å². The Balaban J connectivity index is 1.27. The number of para-hydroxylation sites is 2. The van der Waals surface area contributed by atoms with Gasteiger partial charge in [0, 0.05) is 19.5 Å². The number of amides is 1. The number of rotatable bonds is 12. The van der Waals surface area contributed by atoms with Gasteiger partial charge >= 0.3 is 0 Å². The number of hydrogen-bond acceptors (Lipinski definition) is 4. The van der Waals surface area contributed by atoms with Crippen LogP contribution in [0.25, 0.3) is 11.0 Å². The summed E-state index contributed by atoms with van der Waals surface area (Å²) in [5.74, 6) is 2.28. The minimum Gasteiger partial charge on any atom is -0.493 e. The van der Waals surface area contributed by atoms with Crippen molar-refractivity contribution in [3.05, 3.63) is 83.6 Å². The van der Waals surface area contributed by atoms with Crippen molar-refractivity contribution in [3.8, 4) is 5.75 Å². The highest BCUT2D eigenvalue weighted by Crippen LogP contribution is 2.22. The summed E-state index contributed by atoms with van der Waals surface area (Å²) in [5.41, 5.74) is 4.67. The second kappa shape index (κ2) is 11.5. The number of imidazole rings is 1. The van der Waals surface area contributed by atoms with E-state index in [0.717, 1.165) is 55.7 Å². The van der Waals surface area contributed by atoms with Crippen LogP contribution >= 0.6 is 0 Å². The predicted molar refractivity (Wildman–Crippen MR) is 134 cm³/mol. The van der Waals surface area contributed by atoms with Gasteiger partial charge in [0.25, 0.3) is 5.91 Å². The fourth-order valence-electron chi connectivity index (χ4n) is 4.13. The van der Waals surface area contributed by atoms with Crippen molar-refractivity contribution in [2.45, 2.75) is 52.5 Å². The first-order valence-electron chi connectivity index (χ1n) is 12.1. The quantitative estimate of drug-likeness (QED) is 0.270. The highest BCUT2D eigenvalue weighted by atomic mass is 16.5. The Bertz CT molecular complexity index is 1210. The molecule has 34 heavy (non-hydrogen) atoms. The molecule has 4 aromatic rings. The Kier molecular flexibility index (Phi) is 8.02. The van der Waals surface area contributed by atoms with E-state index in [4.69, 9.17) is 14.1 Å². The van der Waals surface area contributed by atoms with Crippen LogP contribution in [0.5, 0.6) is 5.75 Å². The molecule has 0 aliphatic heterocycles. The van der Waals surface area contributed by atoms with Crippen LogP contribution in [0, 0.1) is 13.8 Å². The van der Waals surface area contributed by atoms with Gasteiger partial charge in [0.2, 0.25) is 0 Å². The number of benzene rings is 2. The molecule has 0 aliphatic rings. The molecule has 2 heterocycles. The normalized spacial score (nSPS) is 11.1. The van der Waals surface area contributed by atoms with Crippen LogP contribution in [0.3, 0.4) is 0 Å². The number of ether oxygens (including phenoxy) is 1. The Hall–Kier alpha value is -3.54. The van der Waals surface area contributed by atoms with Crippen molar-refractivity contribution in [2.75, 3.05) is 13.2 Å². The van der Waals surface area contributed by atoms with E-state index in [-0.39, 0.29) is 5.91 Å². The SMILES string of the molecule is Cc1cccc(OCCCn2c(CCCCCNC(=O)c3ccco3)nc3ccccc32)c1C. The maximum absolute atomic E-state index is 11.9. The molecular formula is C28H33N3O3. The Morgan fingerprint density at radius 1 is 1.00 bits per heavy atom. The minimum absolute atomic E-state index is 0.158. The Labute approximate surface area is 200 Å². The van der Waals surface area contributed by atoms with Gasteiger partial charge in [-0.1, -0.05) is 30.7 Å². The fraction of sp³-hybridized carbons (Fsp3) is 0.357. The molecule has 0 aliphatic carbocycles. The smallest absolute Gasteiger partial charge is 0.286 e. The number of hydrogen-bond donors (Lipinski definition) is 1. The lowest BCUT2D eigenvalue weighted by atomic mass is 10.1. The molecule has 6 nitrogen and oxygen atoms in total. The Morgan fingerprint density at radius 3 is 2.74 bits per heavy atom. The first-order chi connectivity index (χ1) is 16.6. The summed E-state index contributed by atoms with van der Waals surface area (Å²) in [5, 5.41) is 2.90. The van der Waals surface area contributed by atoms with Crippen molar-refractivity contribution in [1.29, 1.82) is 0 Å². The van der Waals surface area contributed by atoms with Gasteiger partial charge in [0.05, 0.1) is 23.9 Å². The molecule has 4 rings (SSSR count). The highest BCUT2D eigenvalue weighted by Gasteiger charge is 2.11. The number of aromatic nitrogens is 2. The monoisotopic (exact) mass is 459 g/mol. The molecule has 2 aromatic heterocycles. The van der Waals surface area contributed by atoms with Gasteiger partial charge in [0.1, 0.15) is 11.6 Å². The summed E-state index contributed by atoms with van der Waals surface area (Å²) in [4.78, 5) is 16.8. The van der Waals surface area contributed by atoms with E-state index in [1.54, 1.807) is 12.1 Å². The van der Waals surface area contributed by atoms with Gasteiger partial charge in [-0.15, -0.1) is 0 Å². The van der Waals surface area contributed by atoms with E-state index in [0.29, 0.717) is 18.9 Å².